The molecule has 0 unspecified atom stereocenters. The summed E-state index contributed by atoms with van der Waals surface area (Å²) in [5.41, 5.74) is 0.706. The molecular weight excluding hydrogens is 256 g/mol. The number of nitrogens with zero attached hydrogens (tertiary/aromatic N) is 2. The molecule has 0 aliphatic carbocycles. The van der Waals surface area contributed by atoms with Gasteiger partial charge in [-0.3, -0.25) is 4.40 Å². The van der Waals surface area contributed by atoms with E-state index >= 15 is 0 Å². The molecule has 0 aliphatic heterocycles. The Morgan fingerprint density at radius 3 is 3.06 bits per heavy atom. The Hall–Kier alpha value is -1.37. The van der Waals surface area contributed by atoms with Gasteiger partial charge in [-0.05, 0) is 11.4 Å². The highest BCUT2D eigenvalue weighted by atomic mass is 32.1. The molecule has 0 radical (unpaired) electrons. The van der Waals surface area contributed by atoms with Gasteiger partial charge >= 0.3 is 0 Å². The van der Waals surface area contributed by atoms with Crippen LogP contribution in [0.2, 0.25) is 0 Å². The van der Waals surface area contributed by atoms with E-state index in [2.05, 4.69) is 4.98 Å². The van der Waals surface area contributed by atoms with E-state index in [1.165, 1.54) is 11.3 Å². The Morgan fingerprint density at radius 2 is 2.29 bits per heavy atom. The first-order chi connectivity index (χ1) is 8.38. The van der Waals surface area contributed by atoms with Crippen LogP contribution in [-0.2, 0) is 13.2 Å². The minimum atomic E-state index is -0.0718. The Balaban J connectivity index is 1.86. The van der Waals surface area contributed by atoms with Gasteiger partial charge in [0.1, 0.15) is 12.3 Å². The summed E-state index contributed by atoms with van der Waals surface area (Å²) in [5.74, 6) is 0.521. The van der Waals surface area contributed by atoms with Crippen molar-refractivity contribution < 1.29 is 9.84 Å². The maximum atomic E-state index is 9.35. The van der Waals surface area contributed by atoms with Crippen LogP contribution in [0, 0.1) is 0 Å². The number of aromatic nitrogens is 2. The standard InChI is InChI=1S/C11H10N2O2S2/c14-6-9-10(12-11-13(9)3-5-17-11)15-7-8-2-1-4-16-8/h1-5,14H,6-7H2. The lowest BCUT2D eigenvalue weighted by Gasteiger charge is -2.02. The third kappa shape index (κ3) is 1.95. The quantitative estimate of drug-likeness (QED) is 0.789. The van der Waals surface area contributed by atoms with Crippen LogP contribution in [0.5, 0.6) is 5.88 Å². The van der Waals surface area contributed by atoms with E-state index in [9.17, 15) is 5.11 Å². The fourth-order valence-corrected chi connectivity index (χ4v) is 2.95. The van der Waals surface area contributed by atoms with Crippen molar-refractivity contribution in [2.45, 2.75) is 13.2 Å². The zero-order chi connectivity index (χ0) is 11.7. The first-order valence-electron chi connectivity index (χ1n) is 5.09. The van der Waals surface area contributed by atoms with Gasteiger partial charge in [-0.2, -0.15) is 4.98 Å². The lowest BCUT2D eigenvalue weighted by atomic mass is 10.4. The SMILES string of the molecule is OCc1c(OCc2cccs2)nc2sccn12. The number of rotatable bonds is 4. The summed E-state index contributed by atoms with van der Waals surface area (Å²) in [6.07, 6.45) is 1.89. The van der Waals surface area contributed by atoms with E-state index < -0.39 is 0 Å². The molecule has 88 valence electrons. The van der Waals surface area contributed by atoms with Gasteiger partial charge in [-0.1, -0.05) is 6.07 Å². The molecule has 0 spiro atoms. The summed E-state index contributed by atoms with van der Waals surface area (Å²) in [5, 5.41) is 13.3. The third-order valence-electron chi connectivity index (χ3n) is 2.41. The van der Waals surface area contributed by atoms with Crippen molar-refractivity contribution in [3.63, 3.8) is 0 Å². The van der Waals surface area contributed by atoms with Crippen LogP contribution >= 0.6 is 22.7 Å². The van der Waals surface area contributed by atoms with Crippen molar-refractivity contribution in [2.24, 2.45) is 0 Å². The van der Waals surface area contributed by atoms with Crippen LogP contribution in [0.1, 0.15) is 10.6 Å². The predicted molar refractivity (Wildman–Crippen MR) is 67.6 cm³/mol. The molecule has 0 atom stereocenters. The van der Waals surface area contributed by atoms with Gasteiger partial charge in [0.05, 0.1) is 6.61 Å². The van der Waals surface area contributed by atoms with E-state index in [1.807, 2.05) is 33.5 Å². The first-order valence-corrected chi connectivity index (χ1v) is 6.85. The Morgan fingerprint density at radius 1 is 1.35 bits per heavy atom. The third-order valence-corrected chi connectivity index (χ3v) is 4.01. The number of thiazole rings is 1. The van der Waals surface area contributed by atoms with Gasteiger partial charge in [-0.15, -0.1) is 22.7 Å². The second-order valence-electron chi connectivity index (χ2n) is 3.45. The normalized spacial score (nSPS) is 11.1. The Labute approximate surface area is 106 Å². The van der Waals surface area contributed by atoms with E-state index in [4.69, 9.17) is 4.74 Å². The van der Waals surface area contributed by atoms with Crippen LogP contribution in [0.15, 0.2) is 29.1 Å². The second kappa shape index (κ2) is 4.48. The van der Waals surface area contributed by atoms with Crippen molar-refractivity contribution in [1.82, 2.24) is 9.38 Å². The van der Waals surface area contributed by atoms with Crippen molar-refractivity contribution >= 4 is 27.6 Å². The molecule has 3 rings (SSSR count). The number of aliphatic hydroxyl groups is 1. The summed E-state index contributed by atoms with van der Waals surface area (Å²) >= 11 is 3.17. The molecule has 0 amide bonds. The van der Waals surface area contributed by atoms with Gasteiger partial charge < -0.3 is 9.84 Å². The smallest absolute Gasteiger partial charge is 0.239 e. The predicted octanol–water partition coefficient (Wildman–Crippen LogP) is 2.53. The van der Waals surface area contributed by atoms with E-state index in [1.54, 1.807) is 11.3 Å². The molecule has 0 fully saturated rings. The number of fused-ring (bicyclic) bond motifs is 1. The van der Waals surface area contributed by atoms with E-state index in [-0.39, 0.29) is 6.61 Å². The molecule has 0 saturated carbocycles. The zero-order valence-corrected chi connectivity index (χ0v) is 10.5. The largest absolute Gasteiger partial charge is 0.471 e. The fourth-order valence-electron chi connectivity index (χ4n) is 1.61. The van der Waals surface area contributed by atoms with Crippen LogP contribution in [0.25, 0.3) is 4.96 Å². The van der Waals surface area contributed by atoms with Gasteiger partial charge in [0.2, 0.25) is 5.88 Å². The molecular formula is C11H10N2O2S2. The highest BCUT2D eigenvalue weighted by molar-refractivity contribution is 7.15. The molecule has 3 aromatic heterocycles. The Bertz CT molecular complexity index is 613. The zero-order valence-electron chi connectivity index (χ0n) is 8.87. The number of hydrogen-bond acceptors (Lipinski definition) is 5. The molecule has 0 bridgehead atoms. The molecule has 4 nitrogen and oxygen atoms in total. The fraction of sp³-hybridized carbons (Fsp3) is 0.182. The van der Waals surface area contributed by atoms with Crippen molar-refractivity contribution in [3.8, 4) is 5.88 Å². The van der Waals surface area contributed by atoms with Gasteiger partial charge in [-0.25, -0.2) is 0 Å². The van der Waals surface area contributed by atoms with Crippen molar-refractivity contribution in [2.75, 3.05) is 0 Å². The van der Waals surface area contributed by atoms with Crippen LogP contribution < -0.4 is 4.74 Å². The molecule has 0 aliphatic rings. The second-order valence-corrected chi connectivity index (χ2v) is 5.35. The maximum absolute atomic E-state index is 9.35. The van der Waals surface area contributed by atoms with Crippen molar-refractivity contribution in [1.29, 1.82) is 0 Å². The van der Waals surface area contributed by atoms with Crippen molar-refractivity contribution in [3.05, 3.63) is 39.7 Å². The average Bonchev–Trinajstić information content (AvgIpc) is 3.02. The minimum Gasteiger partial charge on any atom is -0.471 e. The minimum absolute atomic E-state index is 0.0718. The average molecular weight is 266 g/mol. The molecule has 0 aromatic carbocycles. The first kappa shape index (κ1) is 10.8. The number of imidazole rings is 1. The summed E-state index contributed by atoms with van der Waals surface area (Å²) < 4.78 is 7.50. The van der Waals surface area contributed by atoms with Gasteiger partial charge in [0, 0.05) is 16.5 Å². The topological polar surface area (TPSA) is 46.8 Å². The highest BCUT2D eigenvalue weighted by Crippen LogP contribution is 2.24. The maximum Gasteiger partial charge on any atom is 0.239 e. The van der Waals surface area contributed by atoms with Crippen LogP contribution in [0.3, 0.4) is 0 Å². The monoisotopic (exact) mass is 266 g/mol. The van der Waals surface area contributed by atoms with Crippen LogP contribution in [0.4, 0.5) is 0 Å². The summed E-state index contributed by atoms with van der Waals surface area (Å²) in [4.78, 5) is 6.33. The molecule has 3 heterocycles. The van der Waals surface area contributed by atoms with E-state index in [0.717, 1.165) is 9.84 Å². The molecule has 1 N–H and O–H groups in total. The number of thiophene rings is 1. The number of ether oxygens (including phenoxy) is 1. The van der Waals surface area contributed by atoms with Crippen LogP contribution in [-0.4, -0.2) is 14.5 Å². The molecule has 3 aromatic rings. The lowest BCUT2D eigenvalue weighted by Crippen LogP contribution is -1.98. The molecule has 6 heteroatoms. The highest BCUT2D eigenvalue weighted by Gasteiger charge is 2.13. The van der Waals surface area contributed by atoms with E-state index in [0.29, 0.717) is 18.2 Å². The summed E-state index contributed by atoms with van der Waals surface area (Å²) in [6.45, 7) is 0.424. The summed E-state index contributed by atoms with van der Waals surface area (Å²) in [7, 11) is 0. The van der Waals surface area contributed by atoms with Gasteiger partial charge in [0.15, 0.2) is 4.96 Å². The lowest BCUT2D eigenvalue weighted by molar-refractivity contribution is 0.251. The Kier molecular flexibility index (Phi) is 2.84. The molecule has 17 heavy (non-hydrogen) atoms. The summed E-state index contributed by atoms with van der Waals surface area (Å²) in [6, 6.07) is 4.00. The molecule has 0 saturated heterocycles. The number of aliphatic hydroxyl groups excluding tert-OH is 1. The number of hydrogen-bond donors (Lipinski definition) is 1. The van der Waals surface area contributed by atoms with Gasteiger partial charge in [0.25, 0.3) is 0 Å².